The summed E-state index contributed by atoms with van der Waals surface area (Å²) >= 11 is 0. The molecule has 3 nitrogen and oxygen atoms in total. The second kappa shape index (κ2) is 6.50. The van der Waals surface area contributed by atoms with Crippen LogP contribution in [0.1, 0.15) is 18.1 Å². The van der Waals surface area contributed by atoms with Crippen molar-refractivity contribution in [2.45, 2.75) is 13.3 Å². The molecule has 0 spiro atoms. The van der Waals surface area contributed by atoms with Crippen LogP contribution in [0.5, 0.6) is 0 Å². The topological polar surface area (TPSA) is 38.7 Å². The lowest BCUT2D eigenvalue weighted by Crippen LogP contribution is -2.06. The first-order valence-corrected chi connectivity index (χ1v) is 6.09. The normalized spacial score (nSPS) is 11.1. The van der Waals surface area contributed by atoms with E-state index in [4.69, 9.17) is 4.84 Å². The Balaban J connectivity index is 1.93. The zero-order chi connectivity index (χ0) is 13.5. The number of hydrogen-bond acceptors (Lipinski definition) is 3. The van der Waals surface area contributed by atoms with Gasteiger partial charge in [0.05, 0.1) is 12.1 Å². The smallest absolute Gasteiger partial charge is 0.318 e. The summed E-state index contributed by atoms with van der Waals surface area (Å²) in [6.07, 6.45) is 0.229. The van der Waals surface area contributed by atoms with E-state index in [2.05, 4.69) is 5.16 Å². The molecular formula is C16H15NO2. The van der Waals surface area contributed by atoms with Crippen molar-refractivity contribution in [1.29, 1.82) is 0 Å². The molecule has 0 N–H and O–H groups in total. The number of carbonyl (C=O) groups is 1. The van der Waals surface area contributed by atoms with Gasteiger partial charge in [-0.15, -0.1) is 0 Å². The Kier molecular flexibility index (Phi) is 4.45. The van der Waals surface area contributed by atoms with Gasteiger partial charge in [0.1, 0.15) is 0 Å². The van der Waals surface area contributed by atoms with Crippen LogP contribution in [-0.2, 0) is 16.1 Å². The van der Waals surface area contributed by atoms with Crippen LogP contribution in [-0.4, -0.2) is 11.7 Å². The van der Waals surface area contributed by atoms with Gasteiger partial charge < -0.3 is 4.84 Å². The van der Waals surface area contributed by atoms with Crippen LogP contribution in [0, 0.1) is 0 Å². The summed E-state index contributed by atoms with van der Waals surface area (Å²) in [6.45, 7) is 1.81. The Labute approximate surface area is 112 Å². The maximum Gasteiger partial charge on any atom is 0.339 e. The van der Waals surface area contributed by atoms with Crippen molar-refractivity contribution >= 4 is 11.7 Å². The fraction of sp³-hybridized carbons (Fsp3) is 0.125. The maximum atomic E-state index is 11.6. The van der Waals surface area contributed by atoms with Crippen LogP contribution in [0.25, 0.3) is 0 Å². The first-order valence-electron chi connectivity index (χ1n) is 6.09. The van der Waals surface area contributed by atoms with Crippen molar-refractivity contribution in [2.75, 3.05) is 0 Å². The molecule has 0 heterocycles. The molecule has 0 atom stereocenters. The number of carbonyl (C=O) groups excluding carboxylic acids is 1. The predicted molar refractivity (Wildman–Crippen MR) is 74.9 cm³/mol. The van der Waals surface area contributed by atoms with Gasteiger partial charge in [-0.2, -0.15) is 0 Å². The van der Waals surface area contributed by atoms with E-state index >= 15 is 0 Å². The molecule has 0 unspecified atom stereocenters. The molecular weight excluding hydrogens is 238 g/mol. The van der Waals surface area contributed by atoms with Gasteiger partial charge in [0.2, 0.25) is 0 Å². The molecule has 0 aliphatic rings. The Morgan fingerprint density at radius 2 is 1.58 bits per heavy atom. The highest BCUT2D eigenvalue weighted by Gasteiger charge is 2.05. The SMILES string of the molecule is C/C(=N/OC(=O)Cc1ccccc1)c1ccccc1. The lowest BCUT2D eigenvalue weighted by Gasteiger charge is -2.01. The lowest BCUT2D eigenvalue weighted by atomic mass is 10.1. The van der Waals surface area contributed by atoms with Crippen LogP contribution in [0.3, 0.4) is 0 Å². The van der Waals surface area contributed by atoms with E-state index in [1.165, 1.54) is 0 Å². The highest BCUT2D eigenvalue weighted by atomic mass is 16.7. The van der Waals surface area contributed by atoms with E-state index in [0.29, 0.717) is 5.71 Å². The second-order valence-electron chi connectivity index (χ2n) is 4.17. The standard InChI is InChI=1S/C16H15NO2/c1-13(15-10-6-3-7-11-15)17-19-16(18)12-14-8-4-2-5-9-14/h2-11H,12H2,1H3/b17-13-. The summed E-state index contributed by atoms with van der Waals surface area (Å²) in [5.74, 6) is -0.360. The highest BCUT2D eigenvalue weighted by molar-refractivity contribution is 5.98. The van der Waals surface area contributed by atoms with Gasteiger partial charge in [-0.05, 0) is 18.1 Å². The Bertz CT molecular complexity index is 562. The van der Waals surface area contributed by atoms with Crippen molar-refractivity contribution in [1.82, 2.24) is 0 Å². The lowest BCUT2D eigenvalue weighted by molar-refractivity contribution is -0.142. The third-order valence-electron chi connectivity index (χ3n) is 2.67. The van der Waals surface area contributed by atoms with Crippen molar-refractivity contribution in [2.24, 2.45) is 5.16 Å². The van der Waals surface area contributed by atoms with Crippen LogP contribution >= 0.6 is 0 Å². The Morgan fingerprint density at radius 3 is 2.21 bits per heavy atom. The summed E-state index contributed by atoms with van der Waals surface area (Å²) in [5, 5.41) is 3.86. The molecule has 0 amide bonds. The van der Waals surface area contributed by atoms with Gasteiger partial charge in [0.25, 0.3) is 0 Å². The summed E-state index contributed by atoms with van der Waals surface area (Å²) < 4.78 is 0. The minimum Gasteiger partial charge on any atom is -0.318 e. The van der Waals surface area contributed by atoms with E-state index in [1.54, 1.807) is 0 Å². The zero-order valence-electron chi connectivity index (χ0n) is 10.7. The Morgan fingerprint density at radius 1 is 1.00 bits per heavy atom. The highest BCUT2D eigenvalue weighted by Crippen LogP contribution is 2.03. The number of nitrogens with zero attached hydrogens (tertiary/aromatic N) is 1. The fourth-order valence-corrected chi connectivity index (χ4v) is 1.65. The molecule has 96 valence electrons. The zero-order valence-corrected chi connectivity index (χ0v) is 10.7. The minimum absolute atomic E-state index is 0.229. The van der Waals surface area contributed by atoms with Crippen molar-refractivity contribution < 1.29 is 9.63 Å². The molecule has 0 saturated carbocycles. The molecule has 0 aromatic heterocycles. The molecule has 0 radical (unpaired) electrons. The predicted octanol–water partition coefficient (Wildman–Crippen LogP) is 3.20. The monoisotopic (exact) mass is 253 g/mol. The fourth-order valence-electron chi connectivity index (χ4n) is 1.65. The van der Waals surface area contributed by atoms with Gasteiger partial charge in [-0.3, -0.25) is 0 Å². The number of hydrogen-bond donors (Lipinski definition) is 0. The van der Waals surface area contributed by atoms with Gasteiger partial charge in [0, 0.05) is 0 Å². The molecule has 0 aliphatic heterocycles. The molecule has 2 rings (SSSR count). The quantitative estimate of drug-likeness (QED) is 0.477. The van der Waals surface area contributed by atoms with Gasteiger partial charge in [-0.1, -0.05) is 65.8 Å². The van der Waals surface area contributed by atoms with E-state index < -0.39 is 0 Å². The van der Waals surface area contributed by atoms with Crippen LogP contribution in [0.15, 0.2) is 65.8 Å². The summed E-state index contributed by atoms with van der Waals surface area (Å²) in [6, 6.07) is 19.1. The molecule has 2 aromatic carbocycles. The first-order chi connectivity index (χ1) is 9.25. The molecule has 2 aromatic rings. The van der Waals surface area contributed by atoms with Gasteiger partial charge in [-0.25, -0.2) is 4.79 Å². The van der Waals surface area contributed by atoms with Crippen LogP contribution in [0.4, 0.5) is 0 Å². The summed E-state index contributed by atoms with van der Waals surface area (Å²) in [4.78, 5) is 16.5. The van der Waals surface area contributed by atoms with Crippen LogP contribution in [0.2, 0.25) is 0 Å². The first kappa shape index (κ1) is 13.0. The molecule has 0 fully saturated rings. The van der Waals surface area contributed by atoms with E-state index in [0.717, 1.165) is 11.1 Å². The van der Waals surface area contributed by atoms with Crippen molar-refractivity contribution in [3.8, 4) is 0 Å². The molecule has 0 saturated heterocycles. The average Bonchev–Trinajstić information content (AvgIpc) is 2.47. The second-order valence-corrected chi connectivity index (χ2v) is 4.17. The van der Waals surface area contributed by atoms with E-state index in [9.17, 15) is 4.79 Å². The van der Waals surface area contributed by atoms with Crippen molar-refractivity contribution in [3.05, 3.63) is 71.8 Å². The van der Waals surface area contributed by atoms with E-state index in [1.807, 2.05) is 67.6 Å². The third kappa shape index (κ3) is 4.07. The van der Waals surface area contributed by atoms with Crippen LogP contribution < -0.4 is 0 Å². The minimum atomic E-state index is -0.360. The van der Waals surface area contributed by atoms with Crippen molar-refractivity contribution in [3.63, 3.8) is 0 Å². The molecule has 3 heteroatoms. The number of oxime groups is 1. The maximum absolute atomic E-state index is 11.6. The average molecular weight is 253 g/mol. The van der Waals surface area contributed by atoms with Gasteiger partial charge in [0.15, 0.2) is 0 Å². The van der Waals surface area contributed by atoms with E-state index in [-0.39, 0.29) is 12.4 Å². The molecule has 19 heavy (non-hydrogen) atoms. The summed E-state index contributed by atoms with van der Waals surface area (Å²) in [7, 11) is 0. The Hall–Kier alpha value is -2.42. The largest absolute Gasteiger partial charge is 0.339 e. The molecule has 0 aliphatic carbocycles. The number of benzene rings is 2. The van der Waals surface area contributed by atoms with Gasteiger partial charge >= 0.3 is 5.97 Å². The third-order valence-corrected chi connectivity index (χ3v) is 2.67. The molecule has 0 bridgehead atoms. The number of rotatable bonds is 4. The summed E-state index contributed by atoms with van der Waals surface area (Å²) in [5.41, 5.74) is 2.54.